The summed E-state index contributed by atoms with van der Waals surface area (Å²) in [7, 11) is 0. The van der Waals surface area contributed by atoms with Gasteiger partial charge in [0.1, 0.15) is 0 Å². The largest absolute Gasteiger partial charge is 0.399 e. The molecule has 0 radical (unpaired) electrons. The van der Waals surface area contributed by atoms with Crippen LogP contribution < -0.4 is 11.1 Å². The lowest BCUT2D eigenvalue weighted by atomic mass is 9.79. The van der Waals surface area contributed by atoms with E-state index in [2.05, 4.69) is 32.2 Å². The van der Waals surface area contributed by atoms with E-state index in [1.807, 2.05) is 12.1 Å². The van der Waals surface area contributed by atoms with E-state index in [9.17, 15) is 0 Å². The number of nitrogens with one attached hydrogen (secondary N) is 1. The fraction of sp³-hybridized carbons (Fsp3) is 0.600. The molecule has 94 valence electrons. The van der Waals surface area contributed by atoms with E-state index in [0.29, 0.717) is 6.04 Å². The number of hydrogen-bond acceptors (Lipinski definition) is 2. The van der Waals surface area contributed by atoms with Crippen molar-refractivity contribution >= 4 is 11.4 Å². The Morgan fingerprint density at radius 1 is 1.18 bits per heavy atom. The highest BCUT2D eigenvalue weighted by atomic mass is 14.9. The monoisotopic (exact) mass is 232 g/mol. The molecule has 17 heavy (non-hydrogen) atoms. The minimum absolute atomic E-state index is 0.628. The average Bonchev–Trinajstić information content (AvgIpc) is 2.27. The predicted octanol–water partition coefficient (Wildman–Crippen LogP) is 3.81. The van der Waals surface area contributed by atoms with E-state index in [4.69, 9.17) is 5.73 Å². The van der Waals surface area contributed by atoms with Crippen LogP contribution in [0.4, 0.5) is 11.4 Å². The van der Waals surface area contributed by atoms with E-state index in [-0.39, 0.29) is 0 Å². The van der Waals surface area contributed by atoms with Crippen LogP contribution >= 0.6 is 0 Å². The van der Waals surface area contributed by atoms with Gasteiger partial charge >= 0.3 is 0 Å². The Labute approximate surface area is 105 Å². The first-order valence-electron chi connectivity index (χ1n) is 6.69. The standard InChI is InChI=1S/C15H24N2/c1-10-4-6-14(9-11(10)2)17-15-7-5-13(16)8-12(15)3/h5,7-8,10-11,14,17H,4,6,9,16H2,1-3H3. The first kappa shape index (κ1) is 12.3. The number of rotatable bonds is 2. The van der Waals surface area contributed by atoms with Crippen molar-refractivity contribution in [2.75, 3.05) is 11.1 Å². The van der Waals surface area contributed by atoms with E-state index in [0.717, 1.165) is 17.5 Å². The van der Waals surface area contributed by atoms with Gasteiger partial charge in [0.15, 0.2) is 0 Å². The summed E-state index contributed by atoms with van der Waals surface area (Å²) >= 11 is 0. The molecule has 0 saturated heterocycles. The van der Waals surface area contributed by atoms with Crippen molar-refractivity contribution in [3.63, 3.8) is 0 Å². The molecule has 1 aliphatic rings. The van der Waals surface area contributed by atoms with Gasteiger partial charge in [-0.1, -0.05) is 13.8 Å². The molecule has 3 unspecified atom stereocenters. The maximum atomic E-state index is 5.77. The number of nitrogen functional groups attached to an aromatic ring is 1. The minimum Gasteiger partial charge on any atom is -0.399 e. The summed E-state index contributed by atoms with van der Waals surface area (Å²) in [6.07, 6.45) is 3.91. The summed E-state index contributed by atoms with van der Waals surface area (Å²) in [5.41, 5.74) is 9.11. The third kappa shape index (κ3) is 2.93. The first-order valence-corrected chi connectivity index (χ1v) is 6.69. The Kier molecular flexibility index (Phi) is 3.60. The van der Waals surface area contributed by atoms with Crippen molar-refractivity contribution in [3.8, 4) is 0 Å². The van der Waals surface area contributed by atoms with Gasteiger partial charge in [-0.2, -0.15) is 0 Å². The molecule has 1 saturated carbocycles. The molecule has 0 spiro atoms. The van der Waals surface area contributed by atoms with Crippen LogP contribution in [0.3, 0.4) is 0 Å². The fourth-order valence-corrected chi connectivity index (χ4v) is 2.75. The predicted molar refractivity (Wildman–Crippen MR) is 75.2 cm³/mol. The lowest BCUT2D eigenvalue weighted by molar-refractivity contribution is 0.261. The Bertz CT molecular complexity index is 387. The van der Waals surface area contributed by atoms with Crippen LogP contribution in [0, 0.1) is 18.8 Å². The molecule has 0 aromatic heterocycles. The topological polar surface area (TPSA) is 38.0 Å². The highest BCUT2D eigenvalue weighted by Crippen LogP contribution is 2.31. The third-order valence-corrected chi connectivity index (χ3v) is 4.21. The summed E-state index contributed by atoms with van der Waals surface area (Å²) < 4.78 is 0. The summed E-state index contributed by atoms with van der Waals surface area (Å²) in [6, 6.07) is 6.75. The molecule has 0 bridgehead atoms. The van der Waals surface area contributed by atoms with Gasteiger partial charge in [-0.25, -0.2) is 0 Å². The average molecular weight is 232 g/mol. The van der Waals surface area contributed by atoms with Gasteiger partial charge in [0.2, 0.25) is 0 Å². The number of benzene rings is 1. The molecular formula is C15H24N2. The van der Waals surface area contributed by atoms with Crippen molar-refractivity contribution in [1.29, 1.82) is 0 Å². The zero-order chi connectivity index (χ0) is 12.4. The molecule has 3 N–H and O–H groups in total. The van der Waals surface area contributed by atoms with Gasteiger partial charge in [-0.05, 0) is 61.8 Å². The second-order valence-corrected chi connectivity index (χ2v) is 5.68. The second kappa shape index (κ2) is 4.99. The SMILES string of the molecule is Cc1cc(N)ccc1NC1CCC(C)C(C)C1. The molecule has 3 atom stereocenters. The third-order valence-electron chi connectivity index (χ3n) is 4.21. The molecular weight excluding hydrogens is 208 g/mol. The summed E-state index contributed by atoms with van der Waals surface area (Å²) in [6.45, 7) is 6.86. The van der Waals surface area contributed by atoms with Crippen LogP contribution in [0.1, 0.15) is 38.7 Å². The van der Waals surface area contributed by atoms with Gasteiger partial charge < -0.3 is 11.1 Å². The van der Waals surface area contributed by atoms with E-state index >= 15 is 0 Å². The van der Waals surface area contributed by atoms with Gasteiger partial charge in [0, 0.05) is 17.4 Å². The molecule has 1 aromatic rings. The molecule has 2 rings (SSSR count). The summed E-state index contributed by atoms with van der Waals surface area (Å²) in [5, 5.41) is 3.67. The molecule has 1 aromatic carbocycles. The Morgan fingerprint density at radius 3 is 2.59 bits per heavy atom. The minimum atomic E-state index is 0.628. The molecule has 0 amide bonds. The summed E-state index contributed by atoms with van der Waals surface area (Å²) in [5.74, 6) is 1.70. The van der Waals surface area contributed by atoms with Crippen LogP contribution in [-0.4, -0.2) is 6.04 Å². The van der Waals surface area contributed by atoms with E-state index < -0.39 is 0 Å². The maximum Gasteiger partial charge on any atom is 0.0373 e. The van der Waals surface area contributed by atoms with Crippen molar-refractivity contribution in [1.82, 2.24) is 0 Å². The van der Waals surface area contributed by atoms with Gasteiger partial charge in [0.05, 0.1) is 0 Å². The van der Waals surface area contributed by atoms with E-state index in [1.165, 1.54) is 30.5 Å². The lowest BCUT2D eigenvalue weighted by Crippen LogP contribution is -2.30. The first-order chi connectivity index (χ1) is 8.06. The molecule has 2 nitrogen and oxygen atoms in total. The molecule has 1 aliphatic carbocycles. The number of hydrogen-bond donors (Lipinski definition) is 2. The van der Waals surface area contributed by atoms with Crippen molar-refractivity contribution in [2.45, 2.75) is 46.1 Å². The zero-order valence-electron chi connectivity index (χ0n) is 11.2. The highest BCUT2D eigenvalue weighted by Gasteiger charge is 2.24. The smallest absolute Gasteiger partial charge is 0.0373 e. The zero-order valence-corrected chi connectivity index (χ0v) is 11.2. The Morgan fingerprint density at radius 2 is 1.94 bits per heavy atom. The van der Waals surface area contributed by atoms with Crippen LogP contribution in [0.15, 0.2) is 18.2 Å². The summed E-state index contributed by atoms with van der Waals surface area (Å²) in [4.78, 5) is 0. The lowest BCUT2D eigenvalue weighted by Gasteiger charge is -2.33. The van der Waals surface area contributed by atoms with Crippen molar-refractivity contribution in [2.24, 2.45) is 11.8 Å². The Hall–Kier alpha value is -1.18. The van der Waals surface area contributed by atoms with Crippen LogP contribution in [0.25, 0.3) is 0 Å². The number of nitrogens with two attached hydrogens (primary N) is 1. The van der Waals surface area contributed by atoms with Crippen molar-refractivity contribution in [3.05, 3.63) is 23.8 Å². The van der Waals surface area contributed by atoms with E-state index in [1.54, 1.807) is 0 Å². The quantitative estimate of drug-likeness (QED) is 0.761. The molecule has 0 heterocycles. The van der Waals surface area contributed by atoms with Crippen LogP contribution in [0.5, 0.6) is 0 Å². The van der Waals surface area contributed by atoms with Crippen LogP contribution in [-0.2, 0) is 0 Å². The van der Waals surface area contributed by atoms with Crippen LogP contribution in [0.2, 0.25) is 0 Å². The maximum absolute atomic E-state index is 5.77. The molecule has 2 heteroatoms. The van der Waals surface area contributed by atoms with Gasteiger partial charge in [0.25, 0.3) is 0 Å². The Balaban J connectivity index is 2.01. The van der Waals surface area contributed by atoms with Gasteiger partial charge in [-0.3, -0.25) is 0 Å². The van der Waals surface area contributed by atoms with Gasteiger partial charge in [-0.15, -0.1) is 0 Å². The molecule has 1 fully saturated rings. The number of anilines is 2. The molecule has 0 aliphatic heterocycles. The highest BCUT2D eigenvalue weighted by molar-refractivity contribution is 5.57. The normalized spacial score (nSPS) is 29.0. The second-order valence-electron chi connectivity index (χ2n) is 5.68. The van der Waals surface area contributed by atoms with Crippen molar-refractivity contribution < 1.29 is 0 Å². The number of aryl methyl sites for hydroxylation is 1. The fourth-order valence-electron chi connectivity index (χ4n) is 2.75.